The van der Waals surface area contributed by atoms with Crippen molar-refractivity contribution in [3.63, 3.8) is 0 Å². The number of ether oxygens (including phenoxy) is 1. The lowest BCUT2D eigenvalue weighted by atomic mass is 10.1. The third-order valence-corrected chi connectivity index (χ3v) is 7.23. The van der Waals surface area contributed by atoms with Crippen molar-refractivity contribution in [2.75, 3.05) is 12.3 Å². The topological polar surface area (TPSA) is 88.0 Å². The molecule has 7 heteroatoms. The summed E-state index contributed by atoms with van der Waals surface area (Å²) in [7, 11) is 0. The normalized spacial score (nSPS) is 12.6. The van der Waals surface area contributed by atoms with Crippen LogP contribution in [0.4, 0.5) is 5.82 Å². The first kappa shape index (κ1) is 23.0. The Hall–Kier alpha value is -4.39. The summed E-state index contributed by atoms with van der Waals surface area (Å²) in [4.78, 5) is 23.0. The average Bonchev–Trinajstić information content (AvgIpc) is 3.40. The number of hydrogen-bond acceptors (Lipinski definition) is 5. The first-order chi connectivity index (χ1) is 18.0. The Labute approximate surface area is 214 Å². The largest absolute Gasteiger partial charge is 0.462 e. The molecule has 3 aromatic heterocycles. The standard InChI is InChI=1S/C30H29N5O2/c1-4-18(3)17-37-30(36)26-27-29(33-23-12-8-7-11-22(23)32-27)35(28(26)31)19-14-15-25-21(16-19)20-10-6-9-13-24(20)34(25)5-2/h6-16,18H,4-5,17,31H2,1-3H3/t18-/m0/s1. The predicted octanol–water partition coefficient (Wildman–Crippen LogP) is 6.49. The number of aromatic nitrogens is 4. The maximum absolute atomic E-state index is 13.3. The molecule has 0 radical (unpaired) electrons. The highest BCUT2D eigenvalue weighted by Gasteiger charge is 2.26. The summed E-state index contributed by atoms with van der Waals surface area (Å²) in [5.41, 5.74) is 12.5. The zero-order chi connectivity index (χ0) is 25.7. The van der Waals surface area contributed by atoms with E-state index in [9.17, 15) is 4.79 Å². The molecule has 1 atom stereocenters. The van der Waals surface area contributed by atoms with Gasteiger partial charge in [0, 0.05) is 34.0 Å². The number of carbonyl (C=O) groups excluding carboxylic acids is 1. The van der Waals surface area contributed by atoms with Gasteiger partial charge in [0.15, 0.2) is 5.65 Å². The number of aryl methyl sites for hydroxylation is 1. The lowest BCUT2D eigenvalue weighted by molar-refractivity contribution is 0.0450. The van der Waals surface area contributed by atoms with Crippen LogP contribution < -0.4 is 5.73 Å². The second-order valence-corrected chi connectivity index (χ2v) is 9.55. The molecule has 0 unspecified atom stereocenters. The molecule has 3 aromatic carbocycles. The van der Waals surface area contributed by atoms with Crippen molar-refractivity contribution in [1.29, 1.82) is 0 Å². The van der Waals surface area contributed by atoms with Gasteiger partial charge in [-0.2, -0.15) is 0 Å². The van der Waals surface area contributed by atoms with Crippen molar-refractivity contribution in [1.82, 2.24) is 19.1 Å². The summed E-state index contributed by atoms with van der Waals surface area (Å²) in [6.45, 7) is 7.46. The fraction of sp³-hybridized carbons (Fsp3) is 0.233. The molecule has 0 spiro atoms. The summed E-state index contributed by atoms with van der Waals surface area (Å²) in [5.74, 6) is 0.0524. The molecule has 0 fully saturated rings. The van der Waals surface area contributed by atoms with Crippen molar-refractivity contribution >= 4 is 55.8 Å². The molecular weight excluding hydrogens is 462 g/mol. The van der Waals surface area contributed by atoms with Gasteiger partial charge in [-0.15, -0.1) is 0 Å². The van der Waals surface area contributed by atoms with E-state index in [-0.39, 0.29) is 17.3 Å². The monoisotopic (exact) mass is 491 g/mol. The summed E-state index contributed by atoms with van der Waals surface area (Å²) >= 11 is 0. The molecule has 3 heterocycles. The van der Waals surface area contributed by atoms with E-state index in [4.69, 9.17) is 20.4 Å². The van der Waals surface area contributed by atoms with E-state index in [0.29, 0.717) is 23.3 Å². The highest BCUT2D eigenvalue weighted by molar-refractivity contribution is 6.11. The highest BCUT2D eigenvalue weighted by atomic mass is 16.5. The quantitative estimate of drug-likeness (QED) is 0.269. The molecule has 0 aliphatic heterocycles. The Bertz CT molecular complexity index is 1810. The SMILES string of the molecule is CC[C@H](C)COC(=O)c1c(N)n(-c2ccc3c(c2)c2ccccc2n3CC)c2nc3ccccc3nc12. The number of anilines is 1. The number of nitrogen functional groups attached to an aromatic ring is 1. The van der Waals surface area contributed by atoms with Crippen LogP contribution in [0.1, 0.15) is 37.6 Å². The van der Waals surface area contributed by atoms with Crippen molar-refractivity contribution in [3.8, 4) is 5.69 Å². The van der Waals surface area contributed by atoms with Gasteiger partial charge in [0.1, 0.15) is 16.9 Å². The molecule has 0 saturated carbocycles. The van der Waals surface area contributed by atoms with Gasteiger partial charge in [0.2, 0.25) is 0 Å². The Kier molecular flexibility index (Phi) is 5.56. The number of benzene rings is 3. The molecule has 2 N–H and O–H groups in total. The van der Waals surface area contributed by atoms with Crippen molar-refractivity contribution < 1.29 is 9.53 Å². The summed E-state index contributed by atoms with van der Waals surface area (Å²) < 4.78 is 9.80. The fourth-order valence-corrected chi connectivity index (χ4v) is 5.05. The number of hydrogen-bond donors (Lipinski definition) is 1. The van der Waals surface area contributed by atoms with E-state index < -0.39 is 5.97 Å². The number of nitrogens with zero attached hydrogens (tertiary/aromatic N) is 4. The molecular formula is C30H29N5O2. The van der Waals surface area contributed by atoms with E-state index >= 15 is 0 Å². The Morgan fingerprint density at radius 1 is 0.946 bits per heavy atom. The van der Waals surface area contributed by atoms with Crippen molar-refractivity contribution in [3.05, 3.63) is 72.3 Å². The van der Waals surface area contributed by atoms with Gasteiger partial charge in [-0.1, -0.05) is 50.6 Å². The van der Waals surface area contributed by atoms with Crippen LogP contribution in [-0.4, -0.2) is 31.7 Å². The van der Waals surface area contributed by atoms with Crippen LogP contribution in [0.2, 0.25) is 0 Å². The molecule has 6 rings (SSSR count). The van der Waals surface area contributed by atoms with Gasteiger partial charge in [0.25, 0.3) is 0 Å². The zero-order valence-electron chi connectivity index (χ0n) is 21.2. The van der Waals surface area contributed by atoms with Gasteiger partial charge in [-0.25, -0.2) is 14.8 Å². The predicted molar refractivity (Wildman–Crippen MR) is 149 cm³/mol. The van der Waals surface area contributed by atoms with E-state index in [1.165, 1.54) is 10.9 Å². The lowest BCUT2D eigenvalue weighted by Gasteiger charge is -2.10. The van der Waals surface area contributed by atoms with E-state index in [0.717, 1.165) is 35.1 Å². The molecule has 37 heavy (non-hydrogen) atoms. The maximum atomic E-state index is 13.3. The summed E-state index contributed by atoms with van der Waals surface area (Å²) in [6.07, 6.45) is 0.917. The van der Waals surface area contributed by atoms with Crippen LogP contribution in [0.5, 0.6) is 0 Å². The number of esters is 1. The Balaban J connectivity index is 1.61. The molecule has 0 aliphatic carbocycles. The van der Waals surface area contributed by atoms with E-state index in [1.807, 2.05) is 34.9 Å². The second kappa shape index (κ2) is 8.92. The second-order valence-electron chi connectivity index (χ2n) is 9.55. The van der Waals surface area contributed by atoms with Gasteiger partial charge in [0.05, 0.1) is 17.6 Å². The number of carbonyl (C=O) groups is 1. The average molecular weight is 492 g/mol. The minimum atomic E-state index is -0.477. The maximum Gasteiger partial charge on any atom is 0.344 e. The Morgan fingerprint density at radius 3 is 2.41 bits per heavy atom. The molecule has 0 saturated heterocycles. The molecule has 186 valence electrons. The van der Waals surface area contributed by atoms with Crippen LogP contribution >= 0.6 is 0 Å². The number of nitrogens with two attached hydrogens (primary N) is 1. The number of para-hydroxylation sites is 3. The van der Waals surface area contributed by atoms with Crippen molar-refractivity contribution in [2.24, 2.45) is 5.92 Å². The van der Waals surface area contributed by atoms with Crippen LogP contribution in [0.25, 0.3) is 49.7 Å². The number of rotatable bonds is 6. The van der Waals surface area contributed by atoms with Crippen LogP contribution in [-0.2, 0) is 11.3 Å². The van der Waals surface area contributed by atoms with Crippen LogP contribution in [0.15, 0.2) is 66.7 Å². The first-order valence-electron chi connectivity index (χ1n) is 12.8. The third-order valence-electron chi connectivity index (χ3n) is 7.23. The van der Waals surface area contributed by atoms with Crippen molar-refractivity contribution in [2.45, 2.75) is 33.7 Å². The number of fused-ring (bicyclic) bond motifs is 5. The highest BCUT2D eigenvalue weighted by Crippen LogP contribution is 2.35. The Morgan fingerprint density at radius 2 is 1.65 bits per heavy atom. The molecule has 0 amide bonds. The van der Waals surface area contributed by atoms with Gasteiger partial charge in [-0.3, -0.25) is 4.57 Å². The van der Waals surface area contributed by atoms with E-state index in [2.05, 4.69) is 61.7 Å². The van der Waals surface area contributed by atoms with Crippen LogP contribution in [0.3, 0.4) is 0 Å². The van der Waals surface area contributed by atoms with Crippen LogP contribution in [0, 0.1) is 5.92 Å². The molecule has 0 bridgehead atoms. The molecule has 7 nitrogen and oxygen atoms in total. The van der Waals surface area contributed by atoms with Gasteiger partial charge >= 0.3 is 5.97 Å². The minimum absolute atomic E-state index is 0.253. The first-order valence-corrected chi connectivity index (χ1v) is 12.8. The van der Waals surface area contributed by atoms with Gasteiger partial charge in [-0.05, 0) is 49.2 Å². The third kappa shape index (κ3) is 3.61. The van der Waals surface area contributed by atoms with Gasteiger partial charge < -0.3 is 15.0 Å². The summed E-state index contributed by atoms with van der Waals surface area (Å²) in [6, 6.07) is 22.3. The zero-order valence-corrected chi connectivity index (χ0v) is 21.2. The molecule has 0 aliphatic rings. The minimum Gasteiger partial charge on any atom is -0.462 e. The smallest absolute Gasteiger partial charge is 0.344 e. The lowest BCUT2D eigenvalue weighted by Crippen LogP contribution is -2.13. The van der Waals surface area contributed by atoms with E-state index in [1.54, 1.807) is 0 Å². The summed E-state index contributed by atoms with van der Waals surface area (Å²) in [5, 5.41) is 2.28. The molecule has 6 aromatic rings. The fourth-order valence-electron chi connectivity index (χ4n) is 5.05.